The van der Waals surface area contributed by atoms with Crippen LogP contribution in [0.15, 0.2) is 58.5 Å². The Hall–Kier alpha value is -2.60. The molecule has 128 valence electrons. The maximum Gasteiger partial charge on any atom is 0.259 e. The molecule has 25 heavy (non-hydrogen) atoms. The summed E-state index contributed by atoms with van der Waals surface area (Å²) < 4.78 is 0. The molecule has 2 aromatic carbocycles. The molecule has 0 fully saturated rings. The number of carbonyl (C=O) groups excluding carboxylic acids is 1. The summed E-state index contributed by atoms with van der Waals surface area (Å²) in [5, 5.41) is 1.01. The fraction of sp³-hybridized carbons (Fsp3) is 0.211. The summed E-state index contributed by atoms with van der Waals surface area (Å²) in [5.74, 6) is 0.213. The van der Waals surface area contributed by atoms with E-state index in [4.69, 9.17) is 0 Å². The van der Waals surface area contributed by atoms with Gasteiger partial charge in [-0.25, -0.2) is 4.98 Å². The Morgan fingerprint density at radius 2 is 1.88 bits per heavy atom. The van der Waals surface area contributed by atoms with Crippen molar-refractivity contribution in [1.82, 2.24) is 14.9 Å². The molecule has 0 aliphatic rings. The first-order chi connectivity index (χ1) is 12.0. The summed E-state index contributed by atoms with van der Waals surface area (Å²) in [4.78, 5) is 33.2. The molecular formula is C19H19N3O2S. The number of nitrogens with one attached hydrogen (secondary N) is 1. The first-order valence-electron chi connectivity index (χ1n) is 7.94. The van der Waals surface area contributed by atoms with E-state index in [0.717, 1.165) is 5.56 Å². The van der Waals surface area contributed by atoms with Crippen molar-refractivity contribution in [3.8, 4) is 0 Å². The third-order valence-electron chi connectivity index (χ3n) is 3.89. The lowest BCUT2D eigenvalue weighted by Gasteiger charge is -2.17. The molecule has 6 heteroatoms. The number of rotatable bonds is 5. The lowest BCUT2D eigenvalue weighted by atomic mass is 10.1. The monoisotopic (exact) mass is 353 g/mol. The van der Waals surface area contributed by atoms with Gasteiger partial charge in [0.25, 0.3) is 5.56 Å². The zero-order valence-corrected chi connectivity index (χ0v) is 15.0. The van der Waals surface area contributed by atoms with Crippen molar-refractivity contribution in [2.75, 3.05) is 12.8 Å². The van der Waals surface area contributed by atoms with E-state index in [-0.39, 0.29) is 17.2 Å². The normalized spacial score (nSPS) is 10.8. The van der Waals surface area contributed by atoms with Gasteiger partial charge in [0.15, 0.2) is 5.16 Å². The Bertz CT molecular complexity index is 951. The highest BCUT2D eigenvalue weighted by Gasteiger charge is 2.11. The molecular weight excluding hydrogens is 334 g/mol. The molecule has 1 N–H and O–H groups in total. The van der Waals surface area contributed by atoms with Crippen LogP contribution < -0.4 is 5.56 Å². The van der Waals surface area contributed by atoms with E-state index >= 15 is 0 Å². The second-order valence-electron chi connectivity index (χ2n) is 5.91. The van der Waals surface area contributed by atoms with Crippen molar-refractivity contribution in [2.24, 2.45) is 0 Å². The number of benzene rings is 2. The minimum Gasteiger partial charge on any atom is -0.341 e. The highest BCUT2D eigenvalue weighted by Crippen LogP contribution is 2.15. The number of hydrogen-bond donors (Lipinski definition) is 1. The van der Waals surface area contributed by atoms with Gasteiger partial charge >= 0.3 is 0 Å². The van der Waals surface area contributed by atoms with Crippen LogP contribution in [0.3, 0.4) is 0 Å². The molecule has 0 spiro atoms. The van der Waals surface area contributed by atoms with Crippen LogP contribution in [0.1, 0.15) is 11.1 Å². The van der Waals surface area contributed by atoms with Crippen molar-refractivity contribution >= 4 is 28.6 Å². The van der Waals surface area contributed by atoms with E-state index in [1.165, 1.54) is 17.3 Å². The Kier molecular flexibility index (Phi) is 5.19. The third kappa shape index (κ3) is 4.28. The maximum absolute atomic E-state index is 12.3. The summed E-state index contributed by atoms with van der Waals surface area (Å²) in [6.07, 6.45) is 0. The number of thioether (sulfide) groups is 1. The van der Waals surface area contributed by atoms with Gasteiger partial charge in [-0.15, -0.1) is 0 Å². The van der Waals surface area contributed by atoms with Crippen molar-refractivity contribution in [1.29, 1.82) is 0 Å². The van der Waals surface area contributed by atoms with E-state index in [1.807, 2.05) is 37.3 Å². The molecule has 0 atom stereocenters. The highest BCUT2D eigenvalue weighted by atomic mass is 32.2. The van der Waals surface area contributed by atoms with Gasteiger partial charge < -0.3 is 9.88 Å². The SMILES string of the molecule is Cc1ccc(CN(C)C(=O)CSc2nc3ccccc3c(=O)[nH]2)cc1. The molecule has 0 aliphatic carbocycles. The number of carbonyl (C=O) groups is 1. The van der Waals surface area contributed by atoms with Crippen molar-refractivity contribution < 1.29 is 4.79 Å². The predicted molar refractivity (Wildman–Crippen MR) is 101 cm³/mol. The first-order valence-corrected chi connectivity index (χ1v) is 8.93. The molecule has 1 amide bonds. The first kappa shape index (κ1) is 17.2. The van der Waals surface area contributed by atoms with E-state index in [9.17, 15) is 9.59 Å². The van der Waals surface area contributed by atoms with Gasteiger partial charge in [0.05, 0.1) is 16.7 Å². The van der Waals surface area contributed by atoms with Crippen LogP contribution in [0, 0.1) is 6.92 Å². The zero-order chi connectivity index (χ0) is 17.8. The molecule has 3 aromatic rings. The summed E-state index contributed by atoms with van der Waals surface area (Å²) in [6, 6.07) is 15.3. The Morgan fingerprint density at radius 1 is 1.16 bits per heavy atom. The number of amides is 1. The van der Waals surface area contributed by atoms with Crippen LogP contribution >= 0.6 is 11.8 Å². The number of aromatic nitrogens is 2. The van der Waals surface area contributed by atoms with Gasteiger partial charge in [-0.3, -0.25) is 9.59 Å². The van der Waals surface area contributed by atoms with E-state index < -0.39 is 0 Å². The smallest absolute Gasteiger partial charge is 0.259 e. The lowest BCUT2D eigenvalue weighted by molar-refractivity contribution is -0.127. The van der Waals surface area contributed by atoms with Crippen LogP contribution in [-0.4, -0.2) is 33.6 Å². The quantitative estimate of drug-likeness (QED) is 0.566. The molecule has 5 nitrogen and oxygen atoms in total. The van der Waals surface area contributed by atoms with Crippen molar-refractivity contribution in [2.45, 2.75) is 18.6 Å². The molecule has 0 unspecified atom stereocenters. The molecule has 3 rings (SSSR count). The van der Waals surface area contributed by atoms with Crippen LogP contribution in [0.4, 0.5) is 0 Å². The summed E-state index contributed by atoms with van der Waals surface area (Å²) in [6.45, 7) is 2.59. The molecule has 0 saturated heterocycles. The zero-order valence-electron chi connectivity index (χ0n) is 14.2. The number of H-pyrrole nitrogens is 1. The number of para-hydroxylation sites is 1. The van der Waals surface area contributed by atoms with Crippen molar-refractivity contribution in [3.05, 3.63) is 70.0 Å². The summed E-state index contributed by atoms with van der Waals surface area (Å²) >= 11 is 1.24. The Morgan fingerprint density at radius 3 is 2.64 bits per heavy atom. The van der Waals surface area contributed by atoms with E-state index in [1.54, 1.807) is 30.1 Å². The minimum absolute atomic E-state index is 0.0126. The van der Waals surface area contributed by atoms with Gasteiger partial charge in [-0.2, -0.15) is 0 Å². The van der Waals surface area contributed by atoms with E-state index in [2.05, 4.69) is 9.97 Å². The van der Waals surface area contributed by atoms with Gasteiger partial charge in [0.2, 0.25) is 5.91 Å². The highest BCUT2D eigenvalue weighted by molar-refractivity contribution is 7.99. The lowest BCUT2D eigenvalue weighted by Crippen LogP contribution is -2.28. The number of hydrogen-bond acceptors (Lipinski definition) is 4. The topological polar surface area (TPSA) is 66.1 Å². The minimum atomic E-state index is -0.187. The van der Waals surface area contributed by atoms with Crippen LogP contribution in [0.2, 0.25) is 0 Å². The predicted octanol–water partition coefficient (Wildman–Crippen LogP) is 2.98. The second-order valence-corrected chi connectivity index (χ2v) is 6.88. The Balaban J connectivity index is 1.63. The summed E-state index contributed by atoms with van der Waals surface area (Å²) in [7, 11) is 1.78. The third-order valence-corrected chi connectivity index (χ3v) is 4.75. The standard InChI is InChI=1S/C19H19N3O2S/c1-13-7-9-14(10-8-13)11-22(2)17(23)12-25-19-20-16-6-4-3-5-15(16)18(24)21-19/h3-10H,11-12H2,1-2H3,(H,20,21,24). The molecule has 1 heterocycles. The Labute approximate surface area is 150 Å². The maximum atomic E-state index is 12.3. The van der Waals surface area contributed by atoms with Crippen molar-refractivity contribution in [3.63, 3.8) is 0 Å². The van der Waals surface area contributed by atoms with Gasteiger partial charge in [0.1, 0.15) is 0 Å². The second kappa shape index (κ2) is 7.53. The molecule has 0 radical (unpaired) electrons. The van der Waals surface area contributed by atoms with Gasteiger partial charge in [0, 0.05) is 13.6 Å². The van der Waals surface area contributed by atoms with Gasteiger partial charge in [-0.05, 0) is 24.6 Å². The summed E-state index contributed by atoms with van der Waals surface area (Å²) in [5.41, 5.74) is 2.73. The molecule has 0 aliphatic heterocycles. The molecule has 1 aromatic heterocycles. The number of fused-ring (bicyclic) bond motifs is 1. The number of aryl methyl sites for hydroxylation is 1. The van der Waals surface area contributed by atoms with Crippen LogP contribution in [-0.2, 0) is 11.3 Å². The molecule has 0 bridgehead atoms. The van der Waals surface area contributed by atoms with Crippen LogP contribution in [0.25, 0.3) is 10.9 Å². The van der Waals surface area contributed by atoms with Gasteiger partial charge in [-0.1, -0.05) is 53.7 Å². The van der Waals surface area contributed by atoms with E-state index in [0.29, 0.717) is 22.6 Å². The fourth-order valence-electron chi connectivity index (χ4n) is 2.43. The van der Waals surface area contributed by atoms with Crippen LogP contribution in [0.5, 0.6) is 0 Å². The number of aromatic amines is 1. The average molecular weight is 353 g/mol. The fourth-order valence-corrected chi connectivity index (χ4v) is 3.24. The number of nitrogens with zero attached hydrogens (tertiary/aromatic N) is 2. The average Bonchev–Trinajstić information content (AvgIpc) is 2.61. The largest absolute Gasteiger partial charge is 0.341 e. The molecule has 0 saturated carbocycles.